The molecule has 0 aromatic carbocycles. The number of likely N-dealkylation sites (tertiary alicyclic amines) is 1. The number of aliphatic hydroxyl groups is 1. The highest BCUT2D eigenvalue weighted by atomic mass is 16.3. The Bertz CT molecular complexity index is 593. The van der Waals surface area contributed by atoms with Crippen molar-refractivity contribution in [2.45, 2.75) is 83.8 Å². The number of quaternary nitrogens is 1. The first-order valence-corrected chi connectivity index (χ1v) is 11.6. The Morgan fingerprint density at radius 2 is 1.73 bits per heavy atom. The Balaban J connectivity index is 1.45. The number of hydrogen-bond acceptors (Lipinski definition) is 1. The third kappa shape index (κ3) is 2.24. The molecule has 146 valence electrons. The van der Waals surface area contributed by atoms with E-state index in [0.29, 0.717) is 11.5 Å². The monoisotopic (exact) mass is 358 g/mol. The number of rotatable bonds is 1. The van der Waals surface area contributed by atoms with Gasteiger partial charge in [0.2, 0.25) is 0 Å². The first kappa shape index (κ1) is 17.7. The van der Waals surface area contributed by atoms with E-state index in [2.05, 4.69) is 33.0 Å². The van der Waals surface area contributed by atoms with E-state index < -0.39 is 0 Å². The van der Waals surface area contributed by atoms with Gasteiger partial charge in [0.25, 0.3) is 0 Å². The van der Waals surface area contributed by atoms with Crippen molar-refractivity contribution in [3.63, 3.8) is 0 Å². The van der Waals surface area contributed by atoms with Gasteiger partial charge in [-0.2, -0.15) is 0 Å². The van der Waals surface area contributed by atoms with E-state index in [-0.39, 0.29) is 11.5 Å². The molecule has 0 aromatic heterocycles. The van der Waals surface area contributed by atoms with E-state index in [1.165, 1.54) is 70.9 Å². The summed E-state index contributed by atoms with van der Waals surface area (Å²) in [5.74, 6) is 3.46. The predicted molar refractivity (Wildman–Crippen MR) is 107 cm³/mol. The van der Waals surface area contributed by atoms with Crippen molar-refractivity contribution in [2.24, 2.45) is 34.5 Å². The van der Waals surface area contributed by atoms with Gasteiger partial charge in [0.05, 0.1) is 20.1 Å². The fraction of sp³-hybridized carbons (Fsp3) is 0.917. The van der Waals surface area contributed by atoms with Crippen LogP contribution in [0.15, 0.2) is 12.2 Å². The average molecular weight is 359 g/mol. The Morgan fingerprint density at radius 1 is 0.962 bits per heavy atom. The van der Waals surface area contributed by atoms with Crippen molar-refractivity contribution >= 4 is 0 Å². The van der Waals surface area contributed by atoms with Gasteiger partial charge in [-0.05, 0) is 67.6 Å². The summed E-state index contributed by atoms with van der Waals surface area (Å²) in [7, 11) is 2.45. The van der Waals surface area contributed by atoms with E-state index in [1.807, 2.05) is 0 Å². The van der Waals surface area contributed by atoms with Gasteiger partial charge in [0, 0.05) is 24.7 Å². The van der Waals surface area contributed by atoms with Crippen molar-refractivity contribution in [3.8, 4) is 0 Å². The normalized spacial score (nSPS) is 55.2. The van der Waals surface area contributed by atoms with Crippen LogP contribution in [0.3, 0.4) is 0 Å². The molecule has 5 aliphatic rings. The van der Waals surface area contributed by atoms with Crippen LogP contribution in [0.25, 0.3) is 0 Å². The molecule has 4 aliphatic carbocycles. The highest BCUT2D eigenvalue weighted by Gasteiger charge is 2.64. The van der Waals surface area contributed by atoms with Crippen LogP contribution in [-0.4, -0.2) is 41.9 Å². The van der Waals surface area contributed by atoms with E-state index >= 15 is 0 Å². The van der Waals surface area contributed by atoms with Crippen molar-refractivity contribution in [1.29, 1.82) is 0 Å². The Hall–Kier alpha value is -0.340. The Morgan fingerprint density at radius 3 is 2.50 bits per heavy atom. The summed E-state index contributed by atoms with van der Waals surface area (Å²) in [6, 6.07) is 0.503. The third-order valence-corrected chi connectivity index (χ3v) is 10.6. The molecule has 1 aliphatic heterocycles. The predicted octanol–water partition coefficient (Wildman–Crippen LogP) is 4.78. The van der Waals surface area contributed by atoms with Crippen LogP contribution in [0.5, 0.6) is 0 Å². The van der Waals surface area contributed by atoms with Gasteiger partial charge in [-0.3, -0.25) is 0 Å². The fourth-order valence-corrected chi connectivity index (χ4v) is 8.81. The maximum atomic E-state index is 11.5. The van der Waals surface area contributed by atoms with Gasteiger partial charge in [-0.1, -0.05) is 26.0 Å². The smallest absolute Gasteiger partial charge is 0.116 e. The first-order valence-electron chi connectivity index (χ1n) is 11.6. The maximum absolute atomic E-state index is 11.5. The summed E-state index contributed by atoms with van der Waals surface area (Å²) < 4.78 is 1.16. The quantitative estimate of drug-likeness (QED) is 0.528. The van der Waals surface area contributed by atoms with Crippen LogP contribution >= 0.6 is 0 Å². The molecular formula is C24H40NO+. The van der Waals surface area contributed by atoms with Gasteiger partial charge in [0.15, 0.2) is 0 Å². The minimum atomic E-state index is -0.0756. The summed E-state index contributed by atoms with van der Waals surface area (Å²) in [6.45, 7) is 7.68. The van der Waals surface area contributed by atoms with Crippen LogP contribution in [0.4, 0.5) is 0 Å². The molecule has 0 bridgehead atoms. The first-order chi connectivity index (χ1) is 12.4. The van der Waals surface area contributed by atoms with Crippen molar-refractivity contribution < 1.29 is 9.59 Å². The maximum Gasteiger partial charge on any atom is 0.116 e. The summed E-state index contributed by atoms with van der Waals surface area (Å²) >= 11 is 0. The Labute approximate surface area is 160 Å². The molecule has 8 atom stereocenters. The molecule has 0 amide bonds. The molecule has 1 N–H and O–H groups in total. The molecule has 26 heavy (non-hydrogen) atoms. The lowest BCUT2D eigenvalue weighted by Gasteiger charge is -2.59. The molecule has 3 unspecified atom stereocenters. The van der Waals surface area contributed by atoms with Crippen LogP contribution in [-0.2, 0) is 0 Å². The molecule has 3 saturated carbocycles. The van der Waals surface area contributed by atoms with E-state index in [0.717, 1.165) is 28.2 Å². The summed E-state index contributed by atoms with van der Waals surface area (Å²) in [5.41, 5.74) is 0.720. The van der Waals surface area contributed by atoms with Crippen LogP contribution in [0.2, 0.25) is 0 Å². The van der Waals surface area contributed by atoms with Gasteiger partial charge in [-0.25, -0.2) is 0 Å². The molecule has 5 rings (SSSR count). The zero-order valence-electron chi connectivity index (χ0n) is 17.3. The lowest BCUT2D eigenvalue weighted by Crippen LogP contribution is -2.56. The topological polar surface area (TPSA) is 20.2 Å². The molecule has 1 saturated heterocycles. The number of likely N-dealkylation sites (N-methyl/N-ethyl adjacent to an activating group) is 1. The minimum Gasteiger partial charge on any atom is -0.386 e. The molecule has 2 nitrogen and oxygen atoms in total. The standard InChI is InChI=1S/C24H40NO/c1-23-12-5-4-8-17(23)9-10-18-19(23)11-13-24(2)20(18)16-21(22(24)26)25(3)14-6-7-15-25/h4-5,17-22,26H,6-16H2,1-3H3/q+1/t17-,18?,19?,20?,21+,22-,23+,24+/m1/s1. The number of aliphatic hydroxyl groups excluding tert-OH is 1. The van der Waals surface area contributed by atoms with Crippen molar-refractivity contribution in [2.75, 3.05) is 20.1 Å². The van der Waals surface area contributed by atoms with Gasteiger partial charge in [0.1, 0.15) is 12.1 Å². The molecule has 2 heteroatoms. The zero-order chi connectivity index (χ0) is 18.2. The third-order valence-electron chi connectivity index (χ3n) is 10.6. The number of nitrogens with zero attached hydrogens (tertiary/aromatic N) is 1. The molecule has 0 aromatic rings. The Kier molecular flexibility index (Phi) is 3.98. The van der Waals surface area contributed by atoms with E-state index in [1.54, 1.807) is 0 Å². The lowest BCUT2D eigenvalue weighted by molar-refractivity contribution is -0.925. The highest BCUT2D eigenvalue weighted by molar-refractivity contribution is 5.14. The summed E-state index contributed by atoms with van der Waals surface area (Å²) in [4.78, 5) is 0. The summed E-state index contributed by atoms with van der Waals surface area (Å²) in [5, 5.41) is 11.5. The summed E-state index contributed by atoms with van der Waals surface area (Å²) in [6.07, 6.45) is 17.0. The molecular weight excluding hydrogens is 318 g/mol. The fourth-order valence-electron chi connectivity index (χ4n) is 8.81. The number of allylic oxidation sites excluding steroid dienone is 2. The van der Waals surface area contributed by atoms with Gasteiger partial charge in [-0.15, -0.1) is 0 Å². The molecule has 1 heterocycles. The van der Waals surface area contributed by atoms with E-state index in [9.17, 15) is 5.11 Å². The molecule has 0 spiro atoms. The average Bonchev–Trinajstić information content (AvgIpc) is 3.17. The molecule has 4 fully saturated rings. The zero-order valence-corrected chi connectivity index (χ0v) is 17.3. The highest BCUT2D eigenvalue weighted by Crippen LogP contribution is 2.66. The van der Waals surface area contributed by atoms with Gasteiger partial charge >= 0.3 is 0 Å². The number of fused-ring (bicyclic) bond motifs is 5. The lowest BCUT2D eigenvalue weighted by atomic mass is 9.46. The largest absolute Gasteiger partial charge is 0.386 e. The molecule has 0 radical (unpaired) electrons. The van der Waals surface area contributed by atoms with Crippen LogP contribution in [0.1, 0.15) is 71.6 Å². The second-order valence-electron chi connectivity index (χ2n) is 11.5. The minimum absolute atomic E-state index is 0.0756. The van der Waals surface area contributed by atoms with Crippen molar-refractivity contribution in [3.05, 3.63) is 12.2 Å². The van der Waals surface area contributed by atoms with E-state index in [4.69, 9.17) is 0 Å². The van der Waals surface area contributed by atoms with Crippen LogP contribution < -0.4 is 0 Å². The number of hydrogen-bond donors (Lipinski definition) is 1. The second kappa shape index (κ2) is 5.83. The van der Waals surface area contributed by atoms with Crippen molar-refractivity contribution in [1.82, 2.24) is 0 Å². The SMILES string of the molecule is C[C@]12CCC3C(CC[C@H]4CC=CC[C@]34C)C1C[C@H]([N+]1(C)CCCC1)[C@H]2O. The van der Waals surface area contributed by atoms with Crippen LogP contribution in [0, 0.1) is 34.5 Å². The second-order valence-corrected chi connectivity index (χ2v) is 11.5. The van der Waals surface area contributed by atoms with Gasteiger partial charge < -0.3 is 9.59 Å².